The number of carbonyl (C=O) groups excluding carboxylic acids is 1. The second-order valence-electron chi connectivity index (χ2n) is 7.35. The molecule has 25 heavy (non-hydrogen) atoms. The van der Waals surface area contributed by atoms with Crippen LogP contribution < -0.4 is 5.32 Å². The summed E-state index contributed by atoms with van der Waals surface area (Å²) in [6, 6.07) is 11.0. The van der Waals surface area contributed by atoms with Crippen LogP contribution in [-0.4, -0.2) is 61.8 Å². The van der Waals surface area contributed by atoms with E-state index in [-0.39, 0.29) is 6.03 Å². The Labute approximate surface area is 151 Å². The van der Waals surface area contributed by atoms with Gasteiger partial charge in [0.2, 0.25) is 0 Å². The Balaban J connectivity index is 1.33. The fraction of sp³-hybridized carbons (Fsp3) is 0.650. The maximum Gasteiger partial charge on any atom is 0.317 e. The standard InChI is InChI=1S/C20H31N3O2/c1-22(19-9-13-25-14-10-19)20(24)21-11-7-18-8-12-23(16-18)15-17-5-3-2-4-6-17/h2-6,18-19H,7-16H2,1H3,(H,21,24). The van der Waals surface area contributed by atoms with Crippen molar-refractivity contribution in [1.82, 2.24) is 15.1 Å². The summed E-state index contributed by atoms with van der Waals surface area (Å²) in [5.74, 6) is 0.692. The predicted molar refractivity (Wildman–Crippen MR) is 99.4 cm³/mol. The zero-order chi connectivity index (χ0) is 17.5. The van der Waals surface area contributed by atoms with Gasteiger partial charge >= 0.3 is 6.03 Å². The normalized spacial score (nSPS) is 22.0. The molecule has 2 aliphatic rings. The van der Waals surface area contributed by atoms with Crippen molar-refractivity contribution in [2.75, 3.05) is 39.9 Å². The molecule has 2 heterocycles. The third-order valence-electron chi connectivity index (χ3n) is 5.51. The van der Waals surface area contributed by atoms with Crippen LogP contribution in [0.1, 0.15) is 31.2 Å². The van der Waals surface area contributed by atoms with Crippen molar-refractivity contribution < 1.29 is 9.53 Å². The van der Waals surface area contributed by atoms with Crippen LogP contribution >= 0.6 is 0 Å². The lowest BCUT2D eigenvalue weighted by Crippen LogP contribution is -2.46. The summed E-state index contributed by atoms with van der Waals surface area (Å²) in [5.41, 5.74) is 1.38. The van der Waals surface area contributed by atoms with Gasteiger partial charge in [0.05, 0.1) is 0 Å². The number of rotatable bonds is 6. The summed E-state index contributed by atoms with van der Waals surface area (Å²) >= 11 is 0. The fourth-order valence-electron chi connectivity index (χ4n) is 3.88. The first-order valence-corrected chi connectivity index (χ1v) is 9.57. The van der Waals surface area contributed by atoms with Gasteiger partial charge in [-0.3, -0.25) is 4.90 Å². The van der Waals surface area contributed by atoms with E-state index in [1.54, 1.807) is 0 Å². The number of ether oxygens (including phenoxy) is 1. The van der Waals surface area contributed by atoms with Crippen LogP contribution in [0.5, 0.6) is 0 Å². The molecular weight excluding hydrogens is 314 g/mol. The van der Waals surface area contributed by atoms with Gasteiger partial charge in [0.1, 0.15) is 0 Å². The summed E-state index contributed by atoms with van der Waals surface area (Å²) in [4.78, 5) is 16.7. The van der Waals surface area contributed by atoms with E-state index in [0.717, 1.165) is 58.7 Å². The molecule has 5 nitrogen and oxygen atoms in total. The lowest BCUT2D eigenvalue weighted by Gasteiger charge is -2.31. The highest BCUT2D eigenvalue weighted by atomic mass is 16.5. The monoisotopic (exact) mass is 345 g/mol. The van der Waals surface area contributed by atoms with Gasteiger partial charge in [-0.2, -0.15) is 0 Å². The first-order chi connectivity index (χ1) is 12.2. The van der Waals surface area contributed by atoms with Crippen molar-refractivity contribution in [3.8, 4) is 0 Å². The van der Waals surface area contributed by atoms with E-state index in [9.17, 15) is 4.79 Å². The summed E-state index contributed by atoms with van der Waals surface area (Å²) in [6.45, 7) is 5.64. The molecule has 1 N–H and O–H groups in total. The van der Waals surface area contributed by atoms with E-state index in [1.165, 1.54) is 12.0 Å². The quantitative estimate of drug-likeness (QED) is 0.862. The Morgan fingerprint density at radius 3 is 2.76 bits per heavy atom. The predicted octanol–water partition coefficient (Wildman–Crippen LogP) is 2.72. The third kappa shape index (κ3) is 5.44. The Bertz CT molecular complexity index is 531. The first kappa shape index (κ1) is 18.2. The van der Waals surface area contributed by atoms with Crippen LogP contribution in [0.15, 0.2) is 30.3 Å². The molecule has 0 aromatic heterocycles. The minimum atomic E-state index is 0.0611. The number of likely N-dealkylation sites (tertiary alicyclic amines) is 1. The minimum absolute atomic E-state index is 0.0611. The average molecular weight is 345 g/mol. The molecule has 0 radical (unpaired) electrons. The van der Waals surface area contributed by atoms with Crippen molar-refractivity contribution in [2.24, 2.45) is 5.92 Å². The molecule has 0 aliphatic carbocycles. The molecule has 138 valence electrons. The molecule has 2 aliphatic heterocycles. The number of amides is 2. The lowest BCUT2D eigenvalue weighted by molar-refractivity contribution is 0.0526. The minimum Gasteiger partial charge on any atom is -0.381 e. The van der Waals surface area contributed by atoms with Crippen LogP contribution in [0.4, 0.5) is 4.79 Å². The third-order valence-corrected chi connectivity index (χ3v) is 5.51. The zero-order valence-electron chi connectivity index (χ0n) is 15.3. The van der Waals surface area contributed by atoms with Crippen molar-refractivity contribution >= 4 is 6.03 Å². The van der Waals surface area contributed by atoms with Gasteiger partial charge in [0, 0.05) is 45.9 Å². The van der Waals surface area contributed by atoms with Gasteiger partial charge < -0.3 is 15.0 Å². The molecule has 1 aromatic carbocycles. The average Bonchev–Trinajstić information content (AvgIpc) is 3.10. The van der Waals surface area contributed by atoms with Gasteiger partial charge in [0.25, 0.3) is 0 Å². The summed E-state index contributed by atoms with van der Waals surface area (Å²) in [5, 5.41) is 3.10. The lowest BCUT2D eigenvalue weighted by atomic mass is 10.1. The Hall–Kier alpha value is -1.59. The number of nitrogens with zero attached hydrogens (tertiary/aromatic N) is 2. The maximum absolute atomic E-state index is 12.3. The molecule has 3 rings (SSSR count). The Morgan fingerprint density at radius 2 is 2.00 bits per heavy atom. The van der Waals surface area contributed by atoms with Crippen LogP contribution in [0.2, 0.25) is 0 Å². The number of hydrogen-bond acceptors (Lipinski definition) is 3. The fourth-order valence-corrected chi connectivity index (χ4v) is 3.88. The molecular formula is C20H31N3O2. The largest absolute Gasteiger partial charge is 0.381 e. The van der Waals surface area contributed by atoms with Crippen LogP contribution in [-0.2, 0) is 11.3 Å². The van der Waals surface area contributed by atoms with E-state index in [1.807, 2.05) is 11.9 Å². The van der Waals surface area contributed by atoms with E-state index < -0.39 is 0 Å². The molecule has 0 bridgehead atoms. The Morgan fingerprint density at radius 1 is 1.24 bits per heavy atom. The van der Waals surface area contributed by atoms with Crippen molar-refractivity contribution in [1.29, 1.82) is 0 Å². The SMILES string of the molecule is CN(C(=O)NCCC1CCN(Cc2ccccc2)C1)C1CCOCC1. The number of nitrogens with one attached hydrogen (secondary N) is 1. The van der Waals surface area contributed by atoms with Gasteiger partial charge in [-0.25, -0.2) is 4.79 Å². The number of urea groups is 1. The van der Waals surface area contributed by atoms with Crippen LogP contribution in [0, 0.1) is 5.92 Å². The smallest absolute Gasteiger partial charge is 0.317 e. The molecule has 2 saturated heterocycles. The molecule has 2 amide bonds. The number of benzene rings is 1. The molecule has 1 unspecified atom stereocenters. The molecule has 2 fully saturated rings. The second kappa shape index (κ2) is 9.20. The second-order valence-corrected chi connectivity index (χ2v) is 7.35. The Kier molecular flexibility index (Phi) is 6.70. The molecule has 5 heteroatoms. The highest BCUT2D eigenvalue weighted by molar-refractivity contribution is 5.74. The van der Waals surface area contributed by atoms with Crippen LogP contribution in [0.3, 0.4) is 0 Å². The topological polar surface area (TPSA) is 44.8 Å². The number of carbonyl (C=O) groups is 1. The van der Waals surface area contributed by atoms with E-state index >= 15 is 0 Å². The van der Waals surface area contributed by atoms with Crippen molar-refractivity contribution in [3.05, 3.63) is 35.9 Å². The maximum atomic E-state index is 12.3. The first-order valence-electron chi connectivity index (χ1n) is 9.57. The van der Waals surface area contributed by atoms with Crippen molar-refractivity contribution in [3.63, 3.8) is 0 Å². The van der Waals surface area contributed by atoms with Crippen LogP contribution in [0.25, 0.3) is 0 Å². The van der Waals surface area contributed by atoms with E-state index in [0.29, 0.717) is 12.0 Å². The van der Waals surface area contributed by atoms with E-state index in [2.05, 4.69) is 40.5 Å². The number of hydrogen-bond donors (Lipinski definition) is 1. The van der Waals surface area contributed by atoms with Gasteiger partial charge in [-0.05, 0) is 43.7 Å². The summed E-state index contributed by atoms with van der Waals surface area (Å²) in [6.07, 6.45) is 4.19. The highest BCUT2D eigenvalue weighted by Gasteiger charge is 2.24. The van der Waals surface area contributed by atoms with Gasteiger partial charge in [-0.15, -0.1) is 0 Å². The molecule has 1 atom stereocenters. The summed E-state index contributed by atoms with van der Waals surface area (Å²) in [7, 11) is 1.91. The van der Waals surface area contributed by atoms with Crippen molar-refractivity contribution in [2.45, 2.75) is 38.3 Å². The summed E-state index contributed by atoms with van der Waals surface area (Å²) < 4.78 is 5.37. The van der Waals surface area contributed by atoms with Gasteiger partial charge in [0.15, 0.2) is 0 Å². The zero-order valence-corrected chi connectivity index (χ0v) is 15.3. The molecule has 0 saturated carbocycles. The highest BCUT2D eigenvalue weighted by Crippen LogP contribution is 2.21. The van der Waals surface area contributed by atoms with Gasteiger partial charge in [-0.1, -0.05) is 30.3 Å². The molecule has 1 aromatic rings. The molecule has 0 spiro atoms. The van der Waals surface area contributed by atoms with E-state index in [4.69, 9.17) is 4.74 Å².